The highest BCUT2D eigenvalue weighted by atomic mass is 32.2. The molecule has 1 atom stereocenters. The molecule has 1 unspecified atom stereocenters. The molecule has 0 fully saturated rings. The summed E-state index contributed by atoms with van der Waals surface area (Å²) in [5, 5.41) is 5.20. The second-order valence-electron chi connectivity index (χ2n) is 6.18. The Labute approximate surface area is 133 Å². The van der Waals surface area contributed by atoms with E-state index in [4.69, 9.17) is 0 Å². The molecule has 0 aliphatic rings. The van der Waals surface area contributed by atoms with Gasteiger partial charge in [-0.3, -0.25) is 0 Å². The largest absolute Gasteiger partial charge is 0.335 e. The van der Waals surface area contributed by atoms with E-state index in [9.17, 15) is 13.2 Å². The first-order chi connectivity index (χ1) is 10.1. The van der Waals surface area contributed by atoms with Crippen LogP contribution in [0.2, 0.25) is 0 Å². The lowest BCUT2D eigenvalue weighted by Gasteiger charge is -2.18. The minimum absolute atomic E-state index is 0.0154. The molecule has 0 bridgehead atoms. The predicted molar refractivity (Wildman–Crippen MR) is 90.7 cm³/mol. The van der Waals surface area contributed by atoms with Gasteiger partial charge in [0.15, 0.2) is 9.84 Å². The van der Waals surface area contributed by atoms with Crippen molar-refractivity contribution in [3.63, 3.8) is 0 Å². The van der Waals surface area contributed by atoms with Crippen LogP contribution in [0.1, 0.15) is 40.2 Å². The highest BCUT2D eigenvalue weighted by Gasteiger charge is 2.16. The molecule has 2 N–H and O–H groups in total. The molecule has 0 spiro atoms. The zero-order valence-corrected chi connectivity index (χ0v) is 14.7. The van der Waals surface area contributed by atoms with Gasteiger partial charge in [0.25, 0.3) is 0 Å². The maximum atomic E-state index is 11.9. The van der Waals surface area contributed by atoms with Crippen molar-refractivity contribution >= 4 is 21.6 Å². The second-order valence-corrected chi connectivity index (χ2v) is 8.74. The SMILES string of the molecule is CC(C)C(C)NC(=O)Nc1ccc(CS(=O)(=O)C(C)C)cc1. The Morgan fingerprint density at radius 1 is 1.05 bits per heavy atom. The van der Waals surface area contributed by atoms with Gasteiger partial charge in [-0.2, -0.15) is 0 Å². The van der Waals surface area contributed by atoms with Crippen molar-refractivity contribution in [2.24, 2.45) is 5.92 Å². The monoisotopic (exact) mass is 326 g/mol. The van der Waals surface area contributed by atoms with Crippen LogP contribution in [0.25, 0.3) is 0 Å². The molecule has 5 nitrogen and oxygen atoms in total. The fraction of sp³-hybridized carbons (Fsp3) is 0.562. The van der Waals surface area contributed by atoms with Gasteiger partial charge in [-0.15, -0.1) is 0 Å². The van der Waals surface area contributed by atoms with Crippen molar-refractivity contribution in [1.82, 2.24) is 5.32 Å². The minimum Gasteiger partial charge on any atom is -0.335 e. The minimum atomic E-state index is -3.11. The van der Waals surface area contributed by atoms with Gasteiger partial charge in [0, 0.05) is 11.7 Å². The van der Waals surface area contributed by atoms with Gasteiger partial charge in [-0.25, -0.2) is 13.2 Å². The summed E-state index contributed by atoms with van der Waals surface area (Å²) in [4.78, 5) is 11.8. The topological polar surface area (TPSA) is 75.3 Å². The lowest BCUT2D eigenvalue weighted by Crippen LogP contribution is -2.38. The van der Waals surface area contributed by atoms with Crippen LogP contribution in [0.3, 0.4) is 0 Å². The number of anilines is 1. The first kappa shape index (κ1) is 18.5. The molecule has 0 aliphatic heterocycles. The third-order valence-electron chi connectivity index (χ3n) is 3.66. The van der Waals surface area contributed by atoms with E-state index in [-0.39, 0.29) is 17.8 Å². The Bertz CT molecular complexity index is 592. The Morgan fingerprint density at radius 3 is 2.05 bits per heavy atom. The molecule has 0 aromatic heterocycles. The molecule has 0 radical (unpaired) electrons. The van der Waals surface area contributed by atoms with Crippen LogP contribution in [0.5, 0.6) is 0 Å². The van der Waals surface area contributed by atoms with E-state index in [0.29, 0.717) is 11.6 Å². The van der Waals surface area contributed by atoms with E-state index < -0.39 is 15.1 Å². The first-order valence-electron chi connectivity index (χ1n) is 7.50. The number of benzene rings is 1. The lowest BCUT2D eigenvalue weighted by molar-refractivity contribution is 0.246. The summed E-state index contributed by atoms with van der Waals surface area (Å²) in [6.07, 6.45) is 0. The summed E-state index contributed by atoms with van der Waals surface area (Å²) in [6.45, 7) is 9.37. The Kier molecular flexibility index (Phi) is 6.41. The molecule has 1 aromatic rings. The number of hydrogen-bond acceptors (Lipinski definition) is 3. The van der Waals surface area contributed by atoms with Crippen molar-refractivity contribution in [2.45, 2.75) is 51.7 Å². The molecule has 0 heterocycles. The zero-order valence-electron chi connectivity index (χ0n) is 13.9. The van der Waals surface area contributed by atoms with Crippen LogP contribution in [0.4, 0.5) is 10.5 Å². The highest BCUT2D eigenvalue weighted by Crippen LogP contribution is 2.14. The number of sulfone groups is 1. The maximum Gasteiger partial charge on any atom is 0.319 e. The van der Waals surface area contributed by atoms with Crippen LogP contribution in [-0.4, -0.2) is 25.7 Å². The summed E-state index contributed by atoms with van der Waals surface area (Å²) >= 11 is 0. The van der Waals surface area contributed by atoms with Gasteiger partial charge in [-0.1, -0.05) is 26.0 Å². The third kappa shape index (κ3) is 5.67. The number of urea groups is 1. The average Bonchev–Trinajstić information content (AvgIpc) is 2.40. The number of nitrogens with one attached hydrogen (secondary N) is 2. The van der Waals surface area contributed by atoms with E-state index in [0.717, 1.165) is 5.56 Å². The van der Waals surface area contributed by atoms with Crippen molar-refractivity contribution in [1.29, 1.82) is 0 Å². The average molecular weight is 326 g/mol. The van der Waals surface area contributed by atoms with Crippen LogP contribution in [0.15, 0.2) is 24.3 Å². The fourth-order valence-electron chi connectivity index (χ4n) is 1.62. The van der Waals surface area contributed by atoms with E-state index in [1.165, 1.54) is 0 Å². The zero-order chi connectivity index (χ0) is 16.9. The summed E-state index contributed by atoms with van der Waals surface area (Å²) < 4.78 is 23.7. The standard InChI is InChI=1S/C16H26N2O3S/c1-11(2)13(5)17-16(19)18-15-8-6-14(7-9-15)10-22(20,21)12(3)4/h6-9,11-13H,10H2,1-5H3,(H2,17,18,19). The predicted octanol–water partition coefficient (Wildman–Crippen LogP) is 3.18. The molecule has 22 heavy (non-hydrogen) atoms. The van der Waals surface area contributed by atoms with E-state index in [1.54, 1.807) is 38.1 Å². The van der Waals surface area contributed by atoms with Crippen molar-refractivity contribution in [3.05, 3.63) is 29.8 Å². The molecular weight excluding hydrogens is 300 g/mol. The quantitative estimate of drug-likeness (QED) is 0.843. The smallest absolute Gasteiger partial charge is 0.319 e. The molecule has 1 aromatic carbocycles. The van der Waals surface area contributed by atoms with E-state index >= 15 is 0 Å². The van der Waals surface area contributed by atoms with Crippen LogP contribution in [0, 0.1) is 5.92 Å². The number of amides is 2. The van der Waals surface area contributed by atoms with Crippen LogP contribution < -0.4 is 10.6 Å². The second kappa shape index (κ2) is 7.63. The highest BCUT2D eigenvalue weighted by molar-refractivity contribution is 7.91. The number of carbonyl (C=O) groups is 1. The molecule has 6 heteroatoms. The van der Waals surface area contributed by atoms with Crippen molar-refractivity contribution < 1.29 is 13.2 Å². The molecule has 124 valence electrons. The molecule has 1 rings (SSSR count). The molecule has 0 saturated carbocycles. The van der Waals surface area contributed by atoms with Gasteiger partial charge in [-0.05, 0) is 44.4 Å². The normalized spacial score (nSPS) is 13.2. The third-order valence-corrected chi connectivity index (χ3v) is 5.83. The summed E-state index contributed by atoms with van der Waals surface area (Å²) in [5.41, 5.74) is 1.36. The molecule has 2 amide bonds. The van der Waals surface area contributed by atoms with Gasteiger partial charge in [0.2, 0.25) is 0 Å². The number of rotatable bonds is 6. The van der Waals surface area contributed by atoms with Gasteiger partial charge < -0.3 is 10.6 Å². The Hall–Kier alpha value is -1.56. The van der Waals surface area contributed by atoms with Crippen LogP contribution in [-0.2, 0) is 15.6 Å². The van der Waals surface area contributed by atoms with Crippen molar-refractivity contribution in [2.75, 3.05) is 5.32 Å². The van der Waals surface area contributed by atoms with Crippen LogP contribution >= 0.6 is 0 Å². The summed E-state index contributed by atoms with van der Waals surface area (Å²) in [5.74, 6) is 0.371. The van der Waals surface area contributed by atoms with E-state index in [2.05, 4.69) is 10.6 Å². The Balaban J connectivity index is 2.64. The Morgan fingerprint density at radius 2 is 1.59 bits per heavy atom. The number of carbonyl (C=O) groups excluding carboxylic acids is 1. The maximum absolute atomic E-state index is 11.9. The molecule has 0 aliphatic carbocycles. The fourth-order valence-corrected chi connectivity index (χ4v) is 2.61. The van der Waals surface area contributed by atoms with Gasteiger partial charge in [0.05, 0.1) is 11.0 Å². The molecular formula is C16H26N2O3S. The number of hydrogen-bond donors (Lipinski definition) is 2. The van der Waals surface area contributed by atoms with E-state index in [1.807, 2.05) is 20.8 Å². The summed E-state index contributed by atoms with van der Waals surface area (Å²) in [6, 6.07) is 6.69. The summed E-state index contributed by atoms with van der Waals surface area (Å²) in [7, 11) is -3.11. The van der Waals surface area contributed by atoms with Gasteiger partial charge in [0.1, 0.15) is 0 Å². The molecule has 0 saturated heterocycles. The van der Waals surface area contributed by atoms with Gasteiger partial charge >= 0.3 is 6.03 Å². The lowest BCUT2D eigenvalue weighted by atomic mass is 10.1. The van der Waals surface area contributed by atoms with Crippen molar-refractivity contribution in [3.8, 4) is 0 Å². The first-order valence-corrected chi connectivity index (χ1v) is 9.21.